The molecule has 0 aliphatic carbocycles. The van der Waals surface area contributed by atoms with Gasteiger partial charge in [-0.3, -0.25) is 0 Å². The van der Waals surface area contributed by atoms with E-state index in [-0.39, 0.29) is 33.5 Å². The number of rotatable bonds is 6. The zero-order chi connectivity index (χ0) is 31.3. The maximum absolute atomic E-state index is 13.5. The highest BCUT2D eigenvalue weighted by atomic mass is 35.5. The quantitative estimate of drug-likeness (QED) is 0.174. The predicted octanol–water partition coefficient (Wildman–Crippen LogP) is 8.14. The van der Waals surface area contributed by atoms with Crippen molar-refractivity contribution in [2.45, 2.75) is 24.4 Å². The average molecular weight is 642 g/mol. The lowest BCUT2D eigenvalue weighted by Gasteiger charge is -2.13. The summed E-state index contributed by atoms with van der Waals surface area (Å²) in [4.78, 5) is 4.41. The minimum Gasteiger partial charge on any atom is -0.440 e. The monoisotopic (exact) mass is 641 g/mol. The van der Waals surface area contributed by atoms with E-state index in [0.29, 0.717) is 16.7 Å². The minimum absolute atomic E-state index is 0.0432. The number of benzene rings is 3. The van der Waals surface area contributed by atoms with Gasteiger partial charge < -0.3 is 9.15 Å². The van der Waals surface area contributed by atoms with Gasteiger partial charge in [0.05, 0.1) is 21.8 Å². The second-order valence-electron chi connectivity index (χ2n) is 9.28. The molecule has 224 valence electrons. The molecule has 0 unspecified atom stereocenters. The second-order valence-corrected chi connectivity index (χ2v) is 11.7. The van der Waals surface area contributed by atoms with Crippen LogP contribution in [-0.2, 0) is 16.0 Å². The van der Waals surface area contributed by atoms with Gasteiger partial charge in [0, 0.05) is 24.3 Å². The van der Waals surface area contributed by atoms with Crippen molar-refractivity contribution in [1.82, 2.24) is 14.8 Å². The van der Waals surface area contributed by atoms with Gasteiger partial charge in [0.15, 0.2) is 27.2 Å². The highest BCUT2D eigenvalue weighted by Crippen LogP contribution is 2.41. The number of oxazole rings is 1. The zero-order valence-electron chi connectivity index (χ0n) is 22.0. The summed E-state index contributed by atoms with van der Waals surface area (Å²) in [6.07, 6.45) is -7.72. The van der Waals surface area contributed by atoms with E-state index in [1.54, 1.807) is 18.2 Å². The van der Waals surface area contributed by atoms with Gasteiger partial charge in [0.25, 0.3) is 0 Å². The number of alkyl halides is 6. The van der Waals surface area contributed by atoms with E-state index < -0.39 is 38.8 Å². The molecule has 3 aromatic carbocycles. The van der Waals surface area contributed by atoms with Gasteiger partial charge in [-0.15, -0.1) is 13.2 Å². The van der Waals surface area contributed by atoms with E-state index in [2.05, 4.69) is 14.8 Å². The second kappa shape index (κ2) is 10.8. The number of nitrogens with zero attached hydrogens (tertiary/aromatic N) is 3. The summed E-state index contributed by atoms with van der Waals surface area (Å²) in [6.45, 7) is 1.51. The van der Waals surface area contributed by atoms with Gasteiger partial charge in [-0.2, -0.15) is 18.3 Å². The lowest BCUT2D eigenvalue weighted by atomic mass is 9.98. The van der Waals surface area contributed by atoms with Crippen molar-refractivity contribution in [2.75, 3.05) is 6.26 Å². The number of hydrogen-bond donors (Lipinski definition) is 0. The maximum Gasteiger partial charge on any atom is 0.573 e. The van der Waals surface area contributed by atoms with Crippen molar-refractivity contribution in [3.63, 3.8) is 0 Å². The minimum atomic E-state index is -4.90. The Hall–Kier alpha value is -4.30. The fourth-order valence-electron chi connectivity index (χ4n) is 4.29. The molecule has 15 heteroatoms. The SMILES string of the molecule is Cc1nc(-c2ccc(OC(F)(F)F)cc2)c(-c2cc(-c3cccc(S(C)(=O)=O)c3)ccc2-n2cc(Cl)c(C(F)(F)F)n2)o1. The molecular weight excluding hydrogens is 624 g/mol. The largest absolute Gasteiger partial charge is 0.573 e. The van der Waals surface area contributed by atoms with E-state index in [9.17, 15) is 34.8 Å². The molecule has 0 atom stereocenters. The Morgan fingerprint density at radius 2 is 1.56 bits per heavy atom. The Morgan fingerprint density at radius 3 is 2.16 bits per heavy atom. The van der Waals surface area contributed by atoms with Gasteiger partial charge in [0.1, 0.15) is 11.4 Å². The van der Waals surface area contributed by atoms with Crippen LogP contribution < -0.4 is 4.74 Å². The number of aromatic nitrogens is 3. The van der Waals surface area contributed by atoms with Crippen LogP contribution in [0.1, 0.15) is 11.6 Å². The molecule has 0 bridgehead atoms. The Bertz CT molecular complexity index is 1930. The molecule has 0 saturated carbocycles. The molecule has 0 radical (unpaired) electrons. The van der Waals surface area contributed by atoms with Crippen LogP contribution in [0.4, 0.5) is 26.3 Å². The Kier molecular flexibility index (Phi) is 7.55. The number of hydrogen-bond acceptors (Lipinski definition) is 6. The topological polar surface area (TPSA) is 87.2 Å². The van der Waals surface area contributed by atoms with Crippen LogP contribution in [0.25, 0.3) is 39.4 Å². The smallest absolute Gasteiger partial charge is 0.440 e. The fraction of sp³-hybridized carbons (Fsp3) is 0.143. The summed E-state index contributed by atoms with van der Waals surface area (Å²) in [6, 6.07) is 15.4. The molecule has 0 saturated heterocycles. The molecular formula is C28H18ClF6N3O4S. The first-order chi connectivity index (χ1) is 20.0. The van der Waals surface area contributed by atoms with Crippen LogP contribution >= 0.6 is 11.6 Å². The van der Waals surface area contributed by atoms with Crippen LogP contribution in [0.15, 0.2) is 82.2 Å². The van der Waals surface area contributed by atoms with Crippen molar-refractivity contribution in [3.05, 3.63) is 89.5 Å². The van der Waals surface area contributed by atoms with Crippen LogP contribution in [0, 0.1) is 6.92 Å². The molecule has 5 aromatic rings. The normalized spacial score (nSPS) is 12.5. The summed E-state index contributed by atoms with van der Waals surface area (Å²) in [7, 11) is -3.56. The van der Waals surface area contributed by atoms with Crippen LogP contribution in [0.5, 0.6) is 5.75 Å². The Balaban J connectivity index is 1.71. The molecule has 7 nitrogen and oxygen atoms in total. The predicted molar refractivity (Wildman–Crippen MR) is 144 cm³/mol. The fourth-order valence-corrected chi connectivity index (χ4v) is 5.20. The Labute approximate surface area is 245 Å². The molecule has 2 aromatic heterocycles. The number of ether oxygens (including phenoxy) is 1. The van der Waals surface area contributed by atoms with E-state index in [0.717, 1.165) is 29.3 Å². The molecule has 0 N–H and O–H groups in total. The van der Waals surface area contributed by atoms with Crippen molar-refractivity contribution >= 4 is 21.4 Å². The molecule has 2 heterocycles. The first-order valence-corrected chi connectivity index (χ1v) is 14.4. The lowest BCUT2D eigenvalue weighted by Crippen LogP contribution is -2.16. The number of aryl methyl sites for hydroxylation is 1. The molecule has 0 aliphatic heterocycles. The van der Waals surface area contributed by atoms with Crippen molar-refractivity contribution in [2.24, 2.45) is 0 Å². The van der Waals surface area contributed by atoms with Crippen molar-refractivity contribution in [3.8, 4) is 45.1 Å². The first kappa shape index (κ1) is 30.2. The van der Waals surface area contributed by atoms with E-state index >= 15 is 0 Å². The lowest BCUT2D eigenvalue weighted by molar-refractivity contribution is -0.274. The standard InChI is InChI=1S/C28H18ClF6N3O4S/c1-15-36-24(16-6-9-19(10-7-16)42-28(33,34)35)25(41-15)21-13-18(17-4-3-5-20(12-17)43(2,39)40)8-11-23(21)38-14-22(29)26(37-38)27(30,31)32/h3-14H,1-2H3. The van der Waals surface area contributed by atoms with Crippen molar-refractivity contribution in [1.29, 1.82) is 0 Å². The molecule has 0 fully saturated rings. The van der Waals surface area contributed by atoms with Gasteiger partial charge in [0.2, 0.25) is 0 Å². The summed E-state index contributed by atoms with van der Waals surface area (Å²) < 4.78 is 114. The molecule has 0 amide bonds. The molecule has 43 heavy (non-hydrogen) atoms. The third-order valence-corrected chi connectivity index (χ3v) is 7.50. The highest BCUT2D eigenvalue weighted by Gasteiger charge is 2.37. The van der Waals surface area contributed by atoms with Crippen LogP contribution in [0.3, 0.4) is 0 Å². The summed E-state index contributed by atoms with van der Waals surface area (Å²) in [5.41, 5.74) is 0.361. The van der Waals surface area contributed by atoms with Gasteiger partial charge in [-0.05, 0) is 59.7 Å². The van der Waals surface area contributed by atoms with E-state index in [4.69, 9.17) is 16.0 Å². The van der Waals surface area contributed by atoms with Crippen LogP contribution in [0.2, 0.25) is 5.02 Å². The van der Waals surface area contributed by atoms with E-state index in [1.807, 2.05) is 0 Å². The number of halogens is 7. The van der Waals surface area contributed by atoms with Gasteiger partial charge in [-0.1, -0.05) is 29.8 Å². The van der Waals surface area contributed by atoms with Gasteiger partial charge >= 0.3 is 12.5 Å². The zero-order valence-corrected chi connectivity index (χ0v) is 23.5. The summed E-state index contributed by atoms with van der Waals surface area (Å²) in [5.74, 6) is -0.277. The third kappa shape index (κ3) is 6.54. The Morgan fingerprint density at radius 1 is 0.907 bits per heavy atom. The van der Waals surface area contributed by atoms with Crippen LogP contribution in [-0.4, -0.2) is 35.8 Å². The average Bonchev–Trinajstić information content (AvgIpc) is 3.50. The summed E-state index contributed by atoms with van der Waals surface area (Å²) >= 11 is 5.87. The molecule has 0 aliphatic rings. The third-order valence-electron chi connectivity index (χ3n) is 6.12. The maximum atomic E-state index is 13.5. The summed E-state index contributed by atoms with van der Waals surface area (Å²) in [5, 5.41) is 2.98. The van der Waals surface area contributed by atoms with Crippen molar-refractivity contribution < 1.29 is 43.9 Å². The number of sulfone groups is 1. The van der Waals surface area contributed by atoms with Gasteiger partial charge in [-0.25, -0.2) is 18.1 Å². The highest BCUT2D eigenvalue weighted by molar-refractivity contribution is 7.90. The molecule has 5 rings (SSSR count). The first-order valence-electron chi connectivity index (χ1n) is 12.1. The molecule has 0 spiro atoms. The van der Waals surface area contributed by atoms with E-state index in [1.165, 1.54) is 43.3 Å².